The molecule has 1 saturated carbocycles. The zero-order valence-corrected chi connectivity index (χ0v) is 18.3. The average Bonchev–Trinajstić information content (AvgIpc) is 3.19. The van der Waals surface area contributed by atoms with Gasteiger partial charge in [-0.05, 0) is 55.2 Å². The SMILES string of the molecule is Cc1ccsc1C(=O)N1CCC(N2CC3(CCCCC3)C2c2ccccc2)CC1. The summed E-state index contributed by atoms with van der Waals surface area (Å²) >= 11 is 1.58. The van der Waals surface area contributed by atoms with E-state index in [4.69, 9.17) is 0 Å². The van der Waals surface area contributed by atoms with Crippen LogP contribution in [0.3, 0.4) is 0 Å². The lowest BCUT2D eigenvalue weighted by Gasteiger charge is -2.63. The van der Waals surface area contributed by atoms with Crippen LogP contribution in [-0.4, -0.2) is 41.4 Å². The zero-order valence-electron chi connectivity index (χ0n) is 17.5. The summed E-state index contributed by atoms with van der Waals surface area (Å²) < 4.78 is 0. The zero-order chi connectivity index (χ0) is 19.8. The van der Waals surface area contributed by atoms with Gasteiger partial charge in [-0.2, -0.15) is 0 Å². The lowest BCUT2D eigenvalue weighted by molar-refractivity contribution is -0.132. The van der Waals surface area contributed by atoms with Crippen LogP contribution in [0, 0.1) is 12.3 Å². The number of benzene rings is 1. The number of hydrogen-bond acceptors (Lipinski definition) is 3. The molecule has 5 rings (SSSR count). The highest BCUT2D eigenvalue weighted by atomic mass is 32.1. The molecule has 4 heteroatoms. The Morgan fingerprint density at radius 1 is 1.03 bits per heavy atom. The summed E-state index contributed by atoms with van der Waals surface area (Å²) in [6, 6.07) is 14.5. The van der Waals surface area contributed by atoms with E-state index in [2.05, 4.69) is 46.2 Å². The molecular formula is C25H32N2OS. The predicted octanol–water partition coefficient (Wildman–Crippen LogP) is 5.67. The van der Waals surface area contributed by atoms with Crippen molar-refractivity contribution in [2.24, 2.45) is 5.41 Å². The van der Waals surface area contributed by atoms with Gasteiger partial charge in [0.15, 0.2) is 0 Å². The largest absolute Gasteiger partial charge is 0.338 e. The van der Waals surface area contributed by atoms with E-state index in [-0.39, 0.29) is 5.91 Å². The number of thiophene rings is 1. The van der Waals surface area contributed by atoms with Crippen molar-refractivity contribution in [1.29, 1.82) is 0 Å². The fraction of sp³-hybridized carbons (Fsp3) is 0.560. The van der Waals surface area contributed by atoms with Crippen molar-refractivity contribution in [1.82, 2.24) is 9.80 Å². The average molecular weight is 409 g/mol. The number of hydrogen-bond donors (Lipinski definition) is 0. The van der Waals surface area contributed by atoms with Gasteiger partial charge in [-0.3, -0.25) is 9.69 Å². The van der Waals surface area contributed by atoms with E-state index in [1.54, 1.807) is 11.3 Å². The van der Waals surface area contributed by atoms with E-state index >= 15 is 0 Å². The maximum absolute atomic E-state index is 12.9. The molecule has 2 aliphatic heterocycles. The highest BCUT2D eigenvalue weighted by Gasteiger charge is 2.54. The summed E-state index contributed by atoms with van der Waals surface area (Å²) in [7, 11) is 0. The quantitative estimate of drug-likeness (QED) is 0.653. The van der Waals surface area contributed by atoms with Crippen LogP contribution < -0.4 is 0 Å². The second-order valence-electron chi connectivity index (χ2n) is 9.36. The van der Waals surface area contributed by atoms with Crippen LogP contribution in [0.25, 0.3) is 0 Å². The van der Waals surface area contributed by atoms with E-state index in [1.165, 1.54) is 44.2 Å². The minimum absolute atomic E-state index is 0.239. The third-order valence-corrected chi connectivity index (χ3v) is 8.66. The highest BCUT2D eigenvalue weighted by molar-refractivity contribution is 7.12. The van der Waals surface area contributed by atoms with Gasteiger partial charge in [-0.25, -0.2) is 0 Å². The van der Waals surface area contributed by atoms with E-state index in [9.17, 15) is 4.79 Å². The lowest BCUT2D eigenvalue weighted by Crippen LogP contribution is -2.63. The number of likely N-dealkylation sites (tertiary alicyclic amines) is 2. The second kappa shape index (κ2) is 7.88. The van der Waals surface area contributed by atoms with Crippen molar-refractivity contribution in [2.45, 2.75) is 64.0 Å². The molecule has 1 aromatic carbocycles. The van der Waals surface area contributed by atoms with E-state index in [0.717, 1.165) is 36.4 Å². The van der Waals surface area contributed by atoms with Gasteiger partial charge >= 0.3 is 0 Å². The maximum atomic E-state index is 12.9. The Hall–Kier alpha value is -1.65. The van der Waals surface area contributed by atoms with Gasteiger partial charge in [0.2, 0.25) is 0 Å². The predicted molar refractivity (Wildman–Crippen MR) is 119 cm³/mol. The summed E-state index contributed by atoms with van der Waals surface area (Å²) in [5.41, 5.74) is 3.13. The van der Waals surface area contributed by atoms with Gasteiger partial charge in [0.05, 0.1) is 4.88 Å². The van der Waals surface area contributed by atoms with Gasteiger partial charge in [0.25, 0.3) is 5.91 Å². The Morgan fingerprint density at radius 3 is 2.41 bits per heavy atom. The van der Waals surface area contributed by atoms with E-state index < -0.39 is 0 Å². The smallest absolute Gasteiger partial charge is 0.264 e. The number of amides is 1. The molecule has 1 aromatic heterocycles. The van der Waals surface area contributed by atoms with Crippen molar-refractivity contribution in [2.75, 3.05) is 19.6 Å². The molecule has 1 atom stereocenters. The third-order valence-electron chi connectivity index (χ3n) is 7.65. The van der Waals surface area contributed by atoms with Gasteiger partial charge in [0, 0.05) is 37.1 Å². The molecule has 1 aliphatic carbocycles. The number of nitrogens with zero attached hydrogens (tertiary/aromatic N) is 2. The van der Waals surface area contributed by atoms with Crippen molar-refractivity contribution < 1.29 is 4.79 Å². The Kier molecular flexibility index (Phi) is 5.25. The van der Waals surface area contributed by atoms with Gasteiger partial charge < -0.3 is 4.90 Å². The van der Waals surface area contributed by atoms with Crippen molar-refractivity contribution in [3.63, 3.8) is 0 Å². The van der Waals surface area contributed by atoms with Crippen molar-refractivity contribution >= 4 is 17.2 Å². The summed E-state index contributed by atoms with van der Waals surface area (Å²) in [4.78, 5) is 18.7. The summed E-state index contributed by atoms with van der Waals surface area (Å²) in [6.07, 6.45) is 9.18. The number of carbonyl (C=O) groups excluding carboxylic acids is 1. The number of rotatable bonds is 3. The van der Waals surface area contributed by atoms with Crippen molar-refractivity contribution in [3.05, 3.63) is 57.8 Å². The topological polar surface area (TPSA) is 23.6 Å². The highest BCUT2D eigenvalue weighted by Crippen LogP contribution is 2.58. The molecule has 29 heavy (non-hydrogen) atoms. The standard InChI is InChI=1S/C25H32N2OS/c1-19-12-17-29-22(19)24(28)26-15-10-21(11-16-26)27-18-25(13-6-3-7-14-25)23(27)20-8-4-2-5-9-20/h2,4-5,8-9,12,17,21,23H,3,6-7,10-11,13-16,18H2,1H3. The number of piperidine rings is 1. The molecule has 3 aliphatic rings. The van der Waals surface area contributed by atoms with Crippen LogP contribution in [0.15, 0.2) is 41.8 Å². The molecule has 3 heterocycles. The van der Waals surface area contributed by atoms with E-state index in [0.29, 0.717) is 17.5 Å². The van der Waals surface area contributed by atoms with Crippen molar-refractivity contribution in [3.8, 4) is 0 Å². The molecule has 3 nitrogen and oxygen atoms in total. The van der Waals surface area contributed by atoms with Crippen LogP contribution in [0.1, 0.15) is 71.8 Å². The Balaban J connectivity index is 1.29. The van der Waals surface area contributed by atoms with Gasteiger partial charge in [-0.15, -0.1) is 11.3 Å². The fourth-order valence-corrected chi connectivity index (χ4v) is 7.02. The van der Waals surface area contributed by atoms with Crippen LogP contribution in [-0.2, 0) is 0 Å². The Morgan fingerprint density at radius 2 is 1.76 bits per heavy atom. The first-order valence-electron chi connectivity index (χ1n) is 11.3. The molecule has 2 aromatic rings. The first-order chi connectivity index (χ1) is 14.2. The molecular weight excluding hydrogens is 376 g/mol. The van der Waals surface area contributed by atoms with Gasteiger partial charge in [-0.1, -0.05) is 49.6 Å². The molecule has 154 valence electrons. The molecule has 1 amide bonds. The van der Waals surface area contributed by atoms with Crippen LogP contribution in [0.4, 0.5) is 0 Å². The molecule has 0 radical (unpaired) electrons. The Labute approximate surface area is 178 Å². The molecule has 3 fully saturated rings. The van der Waals surface area contributed by atoms with Crippen LogP contribution >= 0.6 is 11.3 Å². The van der Waals surface area contributed by atoms with Crippen LogP contribution in [0.5, 0.6) is 0 Å². The van der Waals surface area contributed by atoms with E-state index in [1.807, 2.05) is 12.3 Å². The first kappa shape index (κ1) is 19.3. The summed E-state index contributed by atoms with van der Waals surface area (Å²) in [6.45, 7) is 5.09. The molecule has 1 unspecified atom stereocenters. The molecule has 2 saturated heterocycles. The molecule has 0 N–H and O–H groups in total. The minimum Gasteiger partial charge on any atom is -0.338 e. The second-order valence-corrected chi connectivity index (χ2v) is 10.3. The maximum Gasteiger partial charge on any atom is 0.264 e. The summed E-state index contributed by atoms with van der Waals surface area (Å²) in [5, 5.41) is 2.03. The number of carbonyl (C=O) groups is 1. The third kappa shape index (κ3) is 3.44. The first-order valence-corrected chi connectivity index (χ1v) is 12.2. The normalized spacial score (nSPS) is 25.1. The molecule has 1 spiro atoms. The number of aryl methyl sites for hydroxylation is 1. The fourth-order valence-electron chi connectivity index (χ4n) is 6.12. The molecule has 0 bridgehead atoms. The Bertz CT molecular complexity index is 847. The minimum atomic E-state index is 0.239. The summed E-state index contributed by atoms with van der Waals surface area (Å²) in [5.74, 6) is 0.239. The van der Waals surface area contributed by atoms with Gasteiger partial charge in [0.1, 0.15) is 0 Å². The van der Waals surface area contributed by atoms with Crippen LogP contribution in [0.2, 0.25) is 0 Å². The lowest BCUT2D eigenvalue weighted by atomic mass is 9.60. The monoisotopic (exact) mass is 408 g/mol.